The van der Waals surface area contributed by atoms with Gasteiger partial charge in [-0.1, -0.05) is 6.92 Å². The summed E-state index contributed by atoms with van der Waals surface area (Å²) in [5, 5.41) is 2.92. The van der Waals surface area contributed by atoms with E-state index in [0.29, 0.717) is 11.6 Å². The zero-order chi connectivity index (χ0) is 9.40. The number of hydrogen-bond donors (Lipinski definition) is 1. The lowest BCUT2D eigenvalue weighted by atomic mass is 10.2. The highest BCUT2D eigenvalue weighted by Crippen LogP contribution is 2.00. The second-order valence-corrected chi connectivity index (χ2v) is 3.83. The fourth-order valence-corrected chi connectivity index (χ4v) is 1.52. The van der Waals surface area contributed by atoms with E-state index in [-0.39, 0.29) is 11.9 Å². The van der Waals surface area contributed by atoms with E-state index in [4.69, 9.17) is 11.6 Å². The second kappa shape index (κ2) is 7.74. The Bertz CT molecular complexity index is 132. The van der Waals surface area contributed by atoms with Crippen molar-refractivity contribution in [2.75, 3.05) is 17.9 Å². The first-order chi connectivity index (χ1) is 5.74. The molecule has 0 spiro atoms. The van der Waals surface area contributed by atoms with Crippen LogP contribution in [0.4, 0.5) is 0 Å². The molecular formula is C8H16ClNOS. The lowest BCUT2D eigenvalue weighted by molar-refractivity contribution is -0.119. The van der Waals surface area contributed by atoms with E-state index in [1.165, 1.54) is 11.8 Å². The van der Waals surface area contributed by atoms with Crippen molar-refractivity contribution in [3.8, 4) is 0 Å². The third kappa shape index (κ3) is 5.72. The molecule has 1 unspecified atom stereocenters. The minimum atomic E-state index is 0.111. The monoisotopic (exact) mass is 209 g/mol. The molecule has 0 bridgehead atoms. The maximum absolute atomic E-state index is 11.1. The summed E-state index contributed by atoms with van der Waals surface area (Å²) in [6.45, 7) is 2.05. The lowest BCUT2D eigenvalue weighted by Gasteiger charge is -2.14. The van der Waals surface area contributed by atoms with Crippen molar-refractivity contribution in [3.63, 3.8) is 0 Å². The molecule has 1 atom stereocenters. The van der Waals surface area contributed by atoms with Gasteiger partial charge in [-0.25, -0.2) is 0 Å². The smallest absolute Gasteiger partial charge is 0.230 e. The summed E-state index contributed by atoms with van der Waals surface area (Å²) in [5.74, 6) is 1.26. The molecule has 0 aliphatic carbocycles. The van der Waals surface area contributed by atoms with Crippen molar-refractivity contribution in [1.29, 1.82) is 0 Å². The standard InChI is InChI=1S/C8H16ClNOS/c1-3-7(4-5-9)10-8(11)6-12-2/h7H,3-6H2,1-2H3,(H,10,11). The number of halogens is 1. The van der Waals surface area contributed by atoms with E-state index in [0.717, 1.165) is 12.8 Å². The normalized spacial score (nSPS) is 12.6. The number of rotatable bonds is 6. The fraction of sp³-hybridized carbons (Fsp3) is 0.875. The number of nitrogens with one attached hydrogen (secondary N) is 1. The maximum Gasteiger partial charge on any atom is 0.230 e. The van der Waals surface area contributed by atoms with Gasteiger partial charge in [-0.05, 0) is 19.1 Å². The van der Waals surface area contributed by atoms with Crippen LogP contribution in [0.15, 0.2) is 0 Å². The van der Waals surface area contributed by atoms with Crippen LogP contribution in [-0.2, 0) is 4.79 Å². The quantitative estimate of drug-likeness (QED) is 0.677. The van der Waals surface area contributed by atoms with E-state index in [9.17, 15) is 4.79 Å². The van der Waals surface area contributed by atoms with Crippen LogP contribution in [-0.4, -0.2) is 29.8 Å². The molecule has 0 fully saturated rings. The summed E-state index contributed by atoms with van der Waals surface area (Å²) in [6.07, 6.45) is 3.73. The minimum absolute atomic E-state index is 0.111. The van der Waals surface area contributed by atoms with E-state index in [2.05, 4.69) is 12.2 Å². The summed E-state index contributed by atoms with van der Waals surface area (Å²) in [6, 6.07) is 0.252. The summed E-state index contributed by atoms with van der Waals surface area (Å²) in [5.41, 5.74) is 0. The molecule has 4 heteroatoms. The van der Waals surface area contributed by atoms with Gasteiger partial charge in [-0.2, -0.15) is 11.8 Å². The van der Waals surface area contributed by atoms with Crippen LogP contribution < -0.4 is 5.32 Å². The highest BCUT2D eigenvalue weighted by Gasteiger charge is 2.08. The van der Waals surface area contributed by atoms with Crippen molar-refractivity contribution in [2.24, 2.45) is 0 Å². The molecule has 0 saturated heterocycles. The van der Waals surface area contributed by atoms with Crippen LogP contribution in [0.25, 0.3) is 0 Å². The molecule has 0 aromatic rings. The van der Waals surface area contributed by atoms with Crippen LogP contribution in [0, 0.1) is 0 Å². The van der Waals surface area contributed by atoms with E-state index in [1.807, 2.05) is 6.26 Å². The largest absolute Gasteiger partial charge is 0.353 e. The Balaban J connectivity index is 3.61. The molecule has 0 saturated carbocycles. The molecule has 0 aliphatic rings. The van der Waals surface area contributed by atoms with Crippen molar-refractivity contribution in [3.05, 3.63) is 0 Å². The van der Waals surface area contributed by atoms with E-state index in [1.54, 1.807) is 0 Å². The van der Waals surface area contributed by atoms with Crippen LogP contribution >= 0.6 is 23.4 Å². The van der Waals surface area contributed by atoms with Gasteiger partial charge in [0.2, 0.25) is 5.91 Å². The Morgan fingerprint density at radius 2 is 2.33 bits per heavy atom. The Kier molecular flexibility index (Phi) is 7.81. The first-order valence-electron chi connectivity index (χ1n) is 4.08. The van der Waals surface area contributed by atoms with E-state index >= 15 is 0 Å². The van der Waals surface area contributed by atoms with Gasteiger partial charge in [-0.3, -0.25) is 4.79 Å². The highest BCUT2D eigenvalue weighted by atomic mass is 35.5. The Hall–Kier alpha value is 0.110. The van der Waals surface area contributed by atoms with Crippen molar-refractivity contribution >= 4 is 29.3 Å². The Morgan fingerprint density at radius 1 is 1.67 bits per heavy atom. The van der Waals surface area contributed by atoms with Gasteiger partial charge in [0.15, 0.2) is 0 Å². The Labute approximate surface area is 83.4 Å². The number of alkyl halides is 1. The van der Waals surface area contributed by atoms with Gasteiger partial charge in [0.25, 0.3) is 0 Å². The number of thioether (sulfide) groups is 1. The average Bonchev–Trinajstić information content (AvgIpc) is 2.04. The summed E-state index contributed by atoms with van der Waals surface area (Å²) in [7, 11) is 0. The molecule has 12 heavy (non-hydrogen) atoms. The summed E-state index contributed by atoms with van der Waals surface area (Å²) < 4.78 is 0. The van der Waals surface area contributed by atoms with Crippen LogP contribution in [0.3, 0.4) is 0 Å². The van der Waals surface area contributed by atoms with Crippen molar-refractivity contribution < 1.29 is 4.79 Å². The summed E-state index contributed by atoms with van der Waals surface area (Å²) in [4.78, 5) is 11.1. The minimum Gasteiger partial charge on any atom is -0.353 e. The number of carbonyl (C=O) groups is 1. The predicted octanol–water partition coefficient (Wildman–Crippen LogP) is 1.87. The molecule has 2 nitrogen and oxygen atoms in total. The first kappa shape index (κ1) is 12.1. The third-order valence-corrected chi connectivity index (χ3v) is 2.36. The zero-order valence-corrected chi connectivity index (χ0v) is 9.17. The van der Waals surface area contributed by atoms with Crippen LogP contribution in [0.2, 0.25) is 0 Å². The lowest BCUT2D eigenvalue weighted by Crippen LogP contribution is -2.35. The third-order valence-electron chi connectivity index (χ3n) is 1.59. The van der Waals surface area contributed by atoms with Crippen molar-refractivity contribution in [2.45, 2.75) is 25.8 Å². The van der Waals surface area contributed by atoms with Crippen molar-refractivity contribution in [1.82, 2.24) is 5.32 Å². The zero-order valence-electron chi connectivity index (χ0n) is 7.60. The summed E-state index contributed by atoms with van der Waals surface area (Å²) >= 11 is 7.11. The molecule has 0 aliphatic heterocycles. The molecule has 1 amide bonds. The van der Waals surface area contributed by atoms with Gasteiger partial charge < -0.3 is 5.32 Å². The fourth-order valence-electron chi connectivity index (χ4n) is 0.910. The number of carbonyl (C=O) groups excluding carboxylic acids is 1. The van der Waals surface area contributed by atoms with Gasteiger partial charge in [0.05, 0.1) is 5.75 Å². The Morgan fingerprint density at radius 3 is 2.75 bits per heavy atom. The molecule has 0 aromatic heterocycles. The predicted molar refractivity (Wildman–Crippen MR) is 55.9 cm³/mol. The van der Waals surface area contributed by atoms with Gasteiger partial charge in [0.1, 0.15) is 0 Å². The molecule has 0 aromatic carbocycles. The molecule has 0 radical (unpaired) electrons. The second-order valence-electron chi connectivity index (χ2n) is 2.58. The molecule has 72 valence electrons. The van der Waals surface area contributed by atoms with Crippen LogP contribution in [0.5, 0.6) is 0 Å². The topological polar surface area (TPSA) is 29.1 Å². The van der Waals surface area contributed by atoms with Crippen LogP contribution in [0.1, 0.15) is 19.8 Å². The first-order valence-corrected chi connectivity index (χ1v) is 6.01. The SMILES string of the molecule is CCC(CCCl)NC(=O)CSC. The molecule has 0 heterocycles. The van der Waals surface area contributed by atoms with Gasteiger partial charge >= 0.3 is 0 Å². The number of hydrogen-bond acceptors (Lipinski definition) is 2. The molecule has 0 rings (SSSR count). The molecular weight excluding hydrogens is 194 g/mol. The van der Waals surface area contributed by atoms with E-state index < -0.39 is 0 Å². The van der Waals surface area contributed by atoms with Gasteiger partial charge in [-0.15, -0.1) is 11.6 Å². The molecule has 1 N–H and O–H groups in total. The highest BCUT2D eigenvalue weighted by molar-refractivity contribution is 7.99. The maximum atomic E-state index is 11.1. The van der Waals surface area contributed by atoms with Gasteiger partial charge in [0, 0.05) is 11.9 Å². The number of amides is 1. The average molecular weight is 210 g/mol.